The molecule has 2 unspecified atom stereocenters. The van der Waals surface area contributed by atoms with Crippen molar-refractivity contribution in [3.63, 3.8) is 0 Å². The van der Waals surface area contributed by atoms with Crippen LogP contribution in [0.5, 0.6) is 5.75 Å². The Morgan fingerprint density at radius 1 is 1.40 bits per heavy atom. The van der Waals surface area contributed by atoms with E-state index >= 15 is 0 Å². The Bertz CT molecular complexity index is 627. The molecule has 1 saturated heterocycles. The van der Waals surface area contributed by atoms with Gasteiger partial charge in [-0.3, -0.25) is 9.79 Å². The largest absolute Gasteiger partial charge is 0.496 e. The molecule has 1 aliphatic rings. The summed E-state index contributed by atoms with van der Waals surface area (Å²) in [5.41, 5.74) is 0.986. The fraction of sp³-hybridized carbons (Fsp3) is 0.529. The van der Waals surface area contributed by atoms with E-state index in [4.69, 9.17) is 21.1 Å². The summed E-state index contributed by atoms with van der Waals surface area (Å²) in [5, 5.41) is 3.95. The third kappa shape index (κ3) is 5.37. The number of ether oxygens (including phenoxy) is 2. The molecular formula is C17H25ClIN3O3. The normalized spacial score (nSPS) is 20.0. The smallest absolute Gasteiger partial charge is 0.310 e. The molecule has 2 rings (SSSR count). The number of methoxy groups -OCH3 is 2. The number of hydrogen-bond donors (Lipinski definition) is 1. The number of benzene rings is 1. The van der Waals surface area contributed by atoms with E-state index in [-0.39, 0.29) is 41.8 Å². The van der Waals surface area contributed by atoms with E-state index in [0.29, 0.717) is 18.1 Å². The van der Waals surface area contributed by atoms with Gasteiger partial charge < -0.3 is 19.7 Å². The lowest BCUT2D eigenvalue weighted by Crippen LogP contribution is -2.40. The van der Waals surface area contributed by atoms with Crippen molar-refractivity contribution in [1.29, 1.82) is 0 Å². The third-order valence-corrected chi connectivity index (χ3v) is 4.55. The van der Waals surface area contributed by atoms with Crippen molar-refractivity contribution in [3.8, 4) is 5.75 Å². The Morgan fingerprint density at radius 3 is 2.72 bits per heavy atom. The summed E-state index contributed by atoms with van der Waals surface area (Å²) in [6.07, 6.45) is 0. The number of nitrogens with one attached hydrogen (secondary N) is 1. The van der Waals surface area contributed by atoms with Gasteiger partial charge in [-0.25, -0.2) is 0 Å². The molecule has 25 heavy (non-hydrogen) atoms. The summed E-state index contributed by atoms with van der Waals surface area (Å²) in [6, 6.07) is 5.53. The molecule has 8 heteroatoms. The molecule has 0 spiro atoms. The number of aliphatic imine (C=N–C) groups is 1. The average Bonchev–Trinajstić information content (AvgIpc) is 2.97. The molecule has 1 aromatic rings. The molecule has 1 heterocycles. The molecule has 140 valence electrons. The van der Waals surface area contributed by atoms with Gasteiger partial charge in [0.15, 0.2) is 5.96 Å². The van der Waals surface area contributed by atoms with E-state index in [0.717, 1.165) is 23.8 Å². The predicted molar refractivity (Wildman–Crippen MR) is 110 cm³/mol. The average molecular weight is 482 g/mol. The predicted octanol–water partition coefficient (Wildman–Crippen LogP) is 2.78. The summed E-state index contributed by atoms with van der Waals surface area (Å²) in [7, 11) is 4.78. The monoisotopic (exact) mass is 481 g/mol. The molecule has 0 saturated carbocycles. The van der Waals surface area contributed by atoms with Crippen molar-refractivity contribution in [1.82, 2.24) is 10.2 Å². The van der Waals surface area contributed by atoms with Crippen LogP contribution in [0.2, 0.25) is 5.02 Å². The number of guanidine groups is 1. The number of carbonyl (C=O) groups is 1. The van der Waals surface area contributed by atoms with Crippen LogP contribution in [0, 0.1) is 11.8 Å². The van der Waals surface area contributed by atoms with Crippen molar-refractivity contribution in [2.75, 3.05) is 34.4 Å². The zero-order valence-electron chi connectivity index (χ0n) is 14.9. The van der Waals surface area contributed by atoms with Gasteiger partial charge in [-0.1, -0.05) is 24.6 Å². The van der Waals surface area contributed by atoms with Gasteiger partial charge in [0, 0.05) is 37.3 Å². The first kappa shape index (κ1) is 21.8. The Kier molecular flexibility index (Phi) is 8.78. The molecule has 0 amide bonds. The van der Waals surface area contributed by atoms with Gasteiger partial charge in [0.25, 0.3) is 0 Å². The maximum atomic E-state index is 11.8. The lowest BCUT2D eigenvalue weighted by Gasteiger charge is -2.22. The fourth-order valence-corrected chi connectivity index (χ4v) is 3.13. The van der Waals surface area contributed by atoms with E-state index in [9.17, 15) is 4.79 Å². The van der Waals surface area contributed by atoms with Gasteiger partial charge in [-0.15, -0.1) is 24.0 Å². The van der Waals surface area contributed by atoms with Crippen LogP contribution in [0.1, 0.15) is 12.5 Å². The Morgan fingerprint density at radius 2 is 2.12 bits per heavy atom. The third-order valence-electron chi connectivity index (χ3n) is 4.31. The number of likely N-dealkylation sites (tertiary alicyclic amines) is 1. The molecule has 1 N–H and O–H groups in total. The highest BCUT2D eigenvalue weighted by Gasteiger charge is 2.36. The zero-order chi connectivity index (χ0) is 17.7. The number of carbonyl (C=O) groups excluding carboxylic acids is 1. The van der Waals surface area contributed by atoms with E-state index in [1.165, 1.54) is 7.11 Å². The van der Waals surface area contributed by atoms with Gasteiger partial charge in [0.2, 0.25) is 0 Å². The maximum absolute atomic E-state index is 11.8. The molecule has 0 bridgehead atoms. The molecule has 6 nitrogen and oxygen atoms in total. The minimum absolute atomic E-state index is 0. The summed E-state index contributed by atoms with van der Waals surface area (Å²) in [5.74, 6) is 1.41. The summed E-state index contributed by atoms with van der Waals surface area (Å²) < 4.78 is 10.2. The number of esters is 1. The SMILES string of the molecule is CN=C(NCc1ccc(Cl)cc1OC)N1CC(C)C(C(=O)OC)C1.I. The van der Waals surface area contributed by atoms with E-state index in [1.807, 2.05) is 12.1 Å². The molecule has 2 atom stereocenters. The second-order valence-corrected chi connectivity index (χ2v) is 6.31. The van der Waals surface area contributed by atoms with E-state index in [2.05, 4.69) is 22.1 Å². The Hall–Kier alpha value is -1.22. The minimum Gasteiger partial charge on any atom is -0.496 e. The molecular weight excluding hydrogens is 457 g/mol. The number of nitrogens with zero attached hydrogens (tertiary/aromatic N) is 2. The molecule has 0 radical (unpaired) electrons. The quantitative estimate of drug-likeness (QED) is 0.310. The summed E-state index contributed by atoms with van der Waals surface area (Å²) >= 11 is 5.99. The summed E-state index contributed by atoms with van der Waals surface area (Å²) in [6.45, 7) is 3.97. The fourth-order valence-electron chi connectivity index (χ4n) is 2.97. The highest BCUT2D eigenvalue weighted by Crippen LogP contribution is 2.25. The first-order chi connectivity index (χ1) is 11.5. The van der Waals surface area contributed by atoms with Crippen molar-refractivity contribution in [2.24, 2.45) is 16.8 Å². The molecule has 1 fully saturated rings. The first-order valence-corrected chi connectivity index (χ1v) is 8.23. The molecule has 1 aromatic carbocycles. The highest BCUT2D eigenvalue weighted by atomic mass is 127. The molecule has 1 aliphatic heterocycles. The highest BCUT2D eigenvalue weighted by molar-refractivity contribution is 14.0. The molecule has 0 aromatic heterocycles. The van der Waals surface area contributed by atoms with Crippen LogP contribution in [-0.4, -0.2) is 51.2 Å². The van der Waals surface area contributed by atoms with Crippen LogP contribution in [0.15, 0.2) is 23.2 Å². The topological polar surface area (TPSA) is 63.2 Å². The maximum Gasteiger partial charge on any atom is 0.310 e. The zero-order valence-corrected chi connectivity index (χ0v) is 18.0. The lowest BCUT2D eigenvalue weighted by atomic mass is 9.99. The van der Waals surface area contributed by atoms with Crippen LogP contribution in [0.4, 0.5) is 0 Å². The molecule has 0 aliphatic carbocycles. The van der Waals surface area contributed by atoms with Crippen molar-refractivity contribution in [3.05, 3.63) is 28.8 Å². The first-order valence-electron chi connectivity index (χ1n) is 7.86. The van der Waals surface area contributed by atoms with Crippen LogP contribution >= 0.6 is 35.6 Å². The van der Waals surface area contributed by atoms with Gasteiger partial charge in [0.05, 0.1) is 20.1 Å². The van der Waals surface area contributed by atoms with Gasteiger partial charge >= 0.3 is 5.97 Å². The van der Waals surface area contributed by atoms with Crippen LogP contribution in [0.25, 0.3) is 0 Å². The number of halogens is 2. The number of rotatable bonds is 4. The van der Waals surface area contributed by atoms with Crippen LogP contribution in [0.3, 0.4) is 0 Å². The van der Waals surface area contributed by atoms with Gasteiger partial charge in [0.1, 0.15) is 5.75 Å². The lowest BCUT2D eigenvalue weighted by molar-refractivity contribution is -0.145. The summed E-state index contributed by atoms with van der Waals surface area (Å²) in [4.78, 5) is 18.2. The second-order valence-electron chi connectivity index (χ2n) is 5.87. The minimum atomic E-state index is -0.167. The van der Waals surface area contributed by atoms with E-state index in [1.54, 1.807) is 20.2 Å². The Labute approximate surface area is 170 Å². The van der Waals surface area contributed by atoms with Crippen LogP contribution in [-0.2, 0) is 16.1 Å². The van der Waals surface area contributed by atoms with Crippen molar-refractivity contribution < 1.29 is 14.3 Å². The number of hydrogen-bond acceptors (Lipinski definition) is 4. The second kappa shape index (κ2) is 10.1. The standard InChI is InChI=1S/C17H24ClN3O3.HI/c1-11-9-21(10-14(11)16(22)24-4)17(19-2)20-8-12-5-6-13(18)7-15(12)23-3;/h5-7,11,14H,8-10H2,1-4H3,(H,19,20);1H. The van der Waals surface area contributed by atoms with E-state index < -0.39 is 0 Å². The van der Waals surface area contributed by atoms with Gasteiger partial charge in [-0.2, -0.15) is 0 Å². The van der Waals surface area contributed by atoms with Crippen molar-refractivity contribution >= 4 is 47.5 Å². The Balaban J connectivity index is 0.00000312. The van der Waals surface area contributed by atoms with Crippen molar-refractivity contribution in [2.45, 2.75) is 13.5 Å². The van der Waals surface area contributed by atoms with Gasteiger partial charge in [-0.05, 0) is 18.1 Å². The van der Waals surface area contributed by atoms with Crippen LogP contribution < -0.4 is 10.1 Å².